The van der Waals surface area contributed by atoms with Gasteiger partial charge >= 0.3 is 0 Å². The number of carbonyl (C=O) groups excluding carboxylic acids is 1. The van der Waals surface area contributed by atoms with Crippen LogP contribution in [0.1, 0.15) is 19.8 Å². The Kier molecular flexibility index (Phi) is 5.38. The average Bonchev–Trinajstić information content (AvgIpc) is 3.20. The fraction of sp³-hybridized carbons (Fsp3) is 0.533. The topological polar surface area (TPSA) is 70.6 Å². The Labute approximate surface area is 119 Å². The van der Waals surface area contributed by atoms with E-state index in [-0.39, 0.29) is 5.91 Å². The van der Waals surface area contributed by atoms with Gasteiger partial charge in [-0.25, -0.2) is 0 Å². The molecule has 1 unspecified atom stereocenters. The van der Waals surface area contributed by atoms with E-state index in [1.165, 1.54) is 19.8 Å². The van der Waals surface area contributed by atoms with Crippen LogP contribution in [-0.2, 0) is 9.53 Å². The Balaban J connectivity index is 1.70. The first-order chi connectivity index (χ1) is 9.63. The molecule has 1 amide bonds. The van der Waals surface area contributed by atoms with E-state index >= 15 is 0 Å². The minimum Gasteiger partial charge on any atom is -0.389 e. The Bertz CT molecular complexity index is 446. The number of carbonyl (C=O) groups is 1. The fourth-order valence-corrected chi connectivity index (χ4v) is 1.86. The highest BCUT2D eigenvalue weighted by atomic mass is 16.5. The molecule has 1 aromatic carbocycles. The highest BCUT2D eigenvalue weighted by Crippen LogP contribution is 2.28. The van der Waals surface area contributed by atoms with Crippen molar-refractivity contribution in [2.75, 3.05) is 30.4 Å². The molecule has 2 rings (SSSR count). The molecule has 1 fully saturated rings. The van der Waals surface area contributed by atoms with E-state index in [9.17, 15) is 9.90 Å². The van der Waals surface area contributed by atoms with Crippen molar-refractivity contribution in [1.82, 2.24) is 0 Å². The first-order valence-corrected chi connectivity index (χ1v) is 7.01. The molecule has 0 aliphatic heterocycles. The molecule has 1 aliphatic carbocycles. The van der Waals surface area contributed by atoms with Gasteiger partial charge in [0, 0.05) is 31.5 Å². The summed E-state index contributed by atoms with van der Waals surface area (Å²) < 4.78 is 5.44. The van der Waals surface area contributed by atoms with Crippen LogP contribution in [0.3, 0.4) is 0 Å². The summed E-state index contributed by atoms with van der Waals surface area (Å²) in [4.78, 5) is 11.0. The van der Waals surface area contributed by atoms with Gasteiger partial charge in [0.05, 0.1) is 12.7 Å². The molecule has 0 radical (unpaired) electrons. The van der Waals surface area contributed by atoms with Crippen molar-refractivity contribution in [1.29, 1.82) is 0 Å². The molecule has 5 nitrogen and oxygen atoms in total. The molecule has 0 bridgehead atoms. The highest BCUT2D eigenvalue weighted by molar-refractivity contribution is 5.89. The molecule has 20 heavy (non-hydrogen) atoms. The summed E-state index contributed by atoms with van der Waals surface area (Å²) in [6.45, 7) is 3.01. The van der Waals surface area contributed by atoms with Gasteiger partial charge in [0.1, 0.15) is 0 Å². The molecule has 0 spiro atoms. The molecule has 1 aliphatic rings. The Morgan fingerprint density at radius 1 is 1.45 bits per heavy atom. The standard InChI is InChI=1S/C15H22N2O3/c1-11(18)17-14-4-2-3-13(7-14)16-8-15(19)10-20-9-12-5-6-12/h2-4,7,12,15-16,19H,5-6,8-10H2,1H3,(H,17,18). The van der Waals surface area contributed by atoms with Crippen molar-refractivity contribution in [2.45, 2.75) is 25.9 Å². The van der Waals surface area contributed by atoms with E-state index in [1.807, 2.05) is 24.3 Å². The monoisotopic (exact) mass is 278 g/mol. The van der Waals surface area contributed by atoms with Gasteiger partial charge in [-0.15, -0.1) is 0 Å². The molecule has 1 aromatic rings. The predicted molar refractivity (Wildman–Crippen MR) is 78.8 cm³/mol. The summed E-state index contributed by atoms with van der Waals surface area (Å²) in [7, 11) is 0. The highest BCUT2D eigenvalue weighted by Gasteiger charge is 2.21. The van der Waals surface area contributed by atoms with Gasteiger partial charge in [0.25, 0.3) is 0 Å². The van der Waals surface area contributed by atoms with Crippen LogP contribution in [0.15, 0.2) is 24.3 Å². The molecule has 1 saturated carbocycles. The van der Waals surface area contributed by atoms with Gasteiger partial charge in [-0.2, -0.15) is 0 Å². The maximum Gasteiger partial charge on any atom is 0.221 e. The third kappa shape index (κ3) is 5.59. The summed E-state index contributed by atoms with van der Waals surface area (Å²) in [6.07, 6.45) is 1.98. The van der Waals surface area contributed by atoms with Crippen LogP contribution in [0.4, 0.5) is 11.4 Å². The Morgan fingerprint density at radius 3 is 2.90 bits per heavy atom. The minimum absolute atomic E-state index is 0.101. The lowest BCUT2D eigenvalue weighted by molar-refractivity contribution is -0.114. The second-order valence-electron chi connectivity index (χ2n) is 5.28. The quantitative estimate of drug-likeness (QED) is 0.678. The van der Waals surface area contributed by atoms with E-state index in [0.29, 0.717) is 19.1 Å². The second kappa shape index (κ2) is 7.26. The number of benzene rings is 1. The lowest BCUT2D eigenvalue weighted by Crippen LogP contribution is -2.25. The fourth-order valence-electron chi connectivity index (χ4n) is 1.86. The minimum atomic E-state index is -0.529. The maximum atomic E-state index is 11.0. The average molecular weight is 278 g/mol. The van der Waals surface area contributed by atoms with Crippen molar-refractivity contribution in [3.05, 3.63) is 24.3 Å². The SMILES string of the molecule is CC(=O)Nc1cccc(NCC(O)COCC2CC2)c1. The molecule has 0 aromatic heterocycles. The largest absolute Gasteiger partial charge is 0.389 e. The predicted octanol–water partition coefficient (Wildman–Crippen LogP) is 1.84. The number of aliphatic hydroxyl groups excluding tert-OH is 1. The van der Waals surface area contributed by atoms with E-state index in [2.05, 4.69) is 10.6 Å². The number of nitrogens with one attached hydrogen (secondary N) is 2. The number of amides is 1. The number of rotatable bonds is 8. The molecular formula is C15H22N2O3. The maximum absolute atomic E-state index is 11.0. The molecule has 0 heterocycles. The lowest BCUT2D eigenvalue weighted by atomic mass is 10.2. The number of hydrogen-bond donors (Lipinski definition) is 3. The van der Waals surface area contributed by atoms with E-state index in [0.717, 1.165) is 18.0 Å². The number of anilines is 2. The molecule has 5 heteroatoms. The lowest BCUT2D eigenvalue weighted by Gasteiger charge is -2.14. The number of aliphatic hydroxyl groups is 1. The number of ether oxygens (including phenoxy) is 1. The van der Waals surface area contributed by atoms with Crippen molar-refractivity contribution in [2.24, 2.45) is 5.92 Å². The van der Waals surface area contributed by atoms with Crippen LogP contribution in [-0.4, -0.2) is 36.9 Å². The zero-order valence-electron chi connectivity index (χ0n) is 11.8. The van der Waals surface area contributed by atoms with Crippen molar-refractivity contribution in [3.63, 3.8) is 0 Å². The van der Waals surface area contributed by atoms with Crippen molar-refractivity contribution < 1.29 is 14.6 Å². The molecular weight excluding hydrogens is 256 g/mol. The van der Waals surface area contributed by atoms with Gasteiger partial charge in [0.2, 0.25) is 5.91 Å². The van der Waals surface area contributed by atoms with Gasteiger partial charge in [-0.1, -0.05) is 6.07 Å². The third-order valence-electron chi connectivity index (χ3n) is 3.09. The normalized spacial score (nSPS) is 15.7. The Morgan fingerprint density at radius 2 is 2.20 bits per heavy atom. The smallest absolute Gasteiger partial charge is 0.221 e. The van der Waals surface area contributed by atoms with Crippen LogP contribution in [0.25, 0.3) is 0 Å². The zero-order valence-corrected chi connectivity index (χ0v) is 11.8. The van der Waals surface area contributed by atoms with E-state index in [4.69, 9.17) is 4.74 Å². The van der Waals surface area contributed by atoms with Crippen molar-refractivity contribution >= 4 is 17.3 Å². The van der Waals surface area contributed by atoms with Crippen LogP contribution in [0.5, 0.6) is 0 Å². The second-order valence-corrected chi connectivity index (χ2v) is 5.28. The summed E-state index contributed by atoms with van der Waals surface area (Å²) >= 11 is 0. The first kappa shape index (κ1) is 14.8. The first-order valence-electron chi connectivity index (χ1n) is 7.01. The summed E-state index contributed by atoms with van der Waals surface area (Å²) in [5, 5.41) is 15.7. The van der Waals surface area contributed by atoms with Crippen molar-refractivity contribution in [3.8, 4) is 0 Å². The zero-order chi connectivity index (χ0) is 14.4. The number of hydrogen-bond acceptors (Lipinski definition) is 4. The van der Waals surface area contributed by atoms with Crippen LogP contribution in [0.2, 0.25) is 0 Å². The molecule has 3 N–H and O–H groups in total. The van der Waals surface area contributed by atoms with Crippen LogP contribution in [0, 0.1) is 5.92 Å². The van der Waals surface area contributed by atoms with E-state index in [1.54, 1.807) is 0 Å². The van der Waals surface area contributed by atoms with Gasteiger partial charge in [-0.3, -0.25) is 4.79 Å². The summed E-state index contributed by atoms with van der Waals surface area (Å²) in [6, 6.07) is 7.40. The third-order valence-corrected chi connectivity index (χ3v) is 3.09. The van der Waals surface area contributed by atoms with Crippen LogP contribution < -0.4 is 10.6 Å². The van der Waals surface area contributed by atoms with E-state index < -0.39 is 6.10 Å². The summed E-state index contributed by atoms with van der Waals surface area (Å²) in [5.74, 6) is 0.611. The molecule has 1 atom stereocenters. The Hall–Kier alpha value is -1.59. The van der Waals surface area contributed by atoms with Crippen LogP contribution >= 0.6 is 0 Å². The van der Waals surface area contributed by atoms with Gasteiger partial charge in [-0.05, 0) is 37.0 Å². The van der Waals surface area contributed by atoms with Gasteiger partial charge < -0.3 is 20.5 Å². The summed E-state index contributed by atoms with van der Waals surface area (Å²) in [5.41, 5.74) is 1.60. The van der Waals surface area contributed by atoms with Gasteiger partial charge in [0.15, 0.2) is 0 Å². The molecule has 0 saturated heterocycles. The molecule has 110 valence electrons.